The molecule has 11 heteroatoms. The largest absolute Gasteiger partial charge is 0.473 e. The van der Waals surface area contributed by atoms with Gasteiger partial charge in [-0.25, -0.2) is 13.2 Å². The molecule has 30 heavy (non-hydrogen) atoms. The summed E-state index contributed by atoms with van der Waals surface area (Å²) < 4.78 is 28.8. The molecule has 2 heterocycles. The Morgan fingerprint density at radius 2 is 1.70 bits per heavy atom. The zero-order valence-electron chi connectivity index (χ0n) is 16.6. The molecule has 0 aliphatic carbocycles. The van der Waals surface area contributed by atoms with Crippen LogP contribution in [0, 0.1) is 0 Å². The summed E-state index contributed by atoms with van der Waals surface area (Å²) in [7, 11) is -3.25. The van der Waals surface area contributed by atoms with Crippen molar-refractivity contribution in [3.05, 3.63) is 42.0 Å². The minimum absolute atomic E-state index is 0.114. The van der Waals surface area contributed by atoms with E-state index in [2.05, 4.69) is 15.4 Å². The van der Waals surface area contributed by atoms with E-state index in [1.807, 2.05) is 0 Å². The molecule has 160 valence electrons. The van der Waals surface area contributed by atoms with E-state index in [1.165, 1.54) is 17.0 Å². The zero-order chi connectivity index (χ0) is 21.7. The predicted molar refractivity (Wildman–Crippen MR) is 108 cm³/mol. The lowest BCUT2D eigenvalue weighted by Gasteiger charge is -2.29. The van der Waals surface area contributed by atoms with Crippen molar-refractivity contribution in [1.29, 1.82) is 0 Å². The molecule has 1 aliphatic heterocycles. The topological polar surface area (TPSA) is 131 Å². The second kappa shape index (κ2) is 9.08. The molecule has 1 N–H and O–H groups in total. The van der Waals surface area contributed by atoms with Crippen LogP contribution in [-0.2, 0) is 9.84 Å². The number of aromatic nitrogens is 2. The van der Waals surface area contributed by atoms with Crippen LogP contribution in [-0.4, -0.2) is 65.9 Å². The number of sulfone groups is 1. The van der Waals surface area contributed by atoms with Gasteiger partial charge in [0.15, 0.2) is 9.84 Å². The highest BCUT2D eigenvalue weighted by Gasteiger charge is 2.23. The maximum atomic E-state index is 11.5. The smallest absolute Gasteiger partial charge is 0.407 e. The molecule has 1 aromatic heterocycles. The number of carboxylic acid groups (broad SMARTS) is 1. The van der Waals surface area contributed by atoms with Crippen LogP contribution in [0.3, 0.4) is 0 Å². The van der Waals surface area contributed by atoms with Gasteiger partial charge in [-0.15, -0.1) is 10.2 Å². The van der Waals surface area contributed by atoms with Gasteiger partial charge in [-0.3, -0.25) is 0 Å². The molecule has 3 rings (SSSR count). The summed E-state index contributed by atoms with van der Waals surface area (Å²) in [6.45, 7) is 2.57. The summed E-state index contributed by atoms with van der Waals surface area (Å²) >= 11 is 0. The number of oxime groups is 1. The molecule has 1 aliphatic rings. The SMILES string of the molecule is C/C(=N/Oc1ccc(OC2CCN(C(=O)O)CC2)nn1)c1ccc(S(C)(=O)=O)cc1. The van der Waals surface area contributed by atoms with Crippen LogP contribution in [0.2, 0.25) is 0 Å². The normalized spacial score (nSPS) is 15.7. The first-order valence-electron chi connectivity index (χ1n) is 9.23. The van der Waals surface area contributed by atoms with E-state index in [-0.39, 0.29) is 16.9 Å². The number of carbonyl (C=O) groups is 1. The Bertz CT molecular complexity index is 1010. The van der Waals surface area contributed by atoms with E-state index in [1.54, 1.807) is 31.2 Å². The van der Waals surface area contributed by atoms with Crippen LogP contribution in [0.1, 0.15) is 25.3 Å². The summed E-state index contributed by atoms with van der Waals surface area (Å²) in [5.74, 6) is 0.503. The van der Waals surface area contributed by atoms with Gasteiger partial charge >= 0.3 is 6.09 Å². The third-order valence-corrected chi connectivity index (χ3v) is 5.72. The average Bonchev–Trinajstić information content (AvgIpc) is 2.73. The fraction of sp³-hybridized carbons (Fsp3) is 0.368. The maximum Gasteiger partial charge on any atom is 0.407 e. The van der Waals surface area contributed by atoms with Crippen LogP contribution in [0.15, 0.2) is 46.4 Å². The van der Waals surface area contributed by atoms with E-state index in [4.69, 9.17) is 14.7 Å². The van der Waals surface area contributed by atoms with Gasteiger partial charge in [0.1, 0.15) is 6.10 Å². The summed E-state index contributed by atoms with van der Waals surface area (Å²) in [6.07, 6.45) is 1.30. The highest BCUT2D eigenvalue weighted by molar-refractivity contribution is 7.90. The molecule has 0 unspecified atom stereocenters. The van der Waals surface area contributed by atoms with E-state index in [0.717, 1.165) is 6.26 Å². The molecule has 0 saturated carbocycles. The number of likely N-dealkylation sites (tertiary alicyclic amines) is 1. The van der Waals surface area contributed by atoms with Gasteiger partial charge in [0, 0.05) is 44.3 Å². The average molecular weight is 434 g/mol. The minimum Gasteiger partial charge on any atom is -0.473 e. The second-order valence-electron chi connectivity index (χ2n) is 6.86. The minimum atomic E-state index is -3.25. The highest BCUT2D eigenvalue weighted by atomic mass is 32.2. The molecule has 1 saturated heterocycles. The van der Waals surface area contributed by atoms with Gasteiger partial charge < -0.3 is 19.6 Å². The summed E-state index contributed by atoms with van der Waals surface area (Å²) in [4.78, 5) is 17.8. The standard InChI is InChI=1S/C19H22N4O6S/c1-13(14-3-5-16(6-4-14)30(2,26)27)22-29-18-8-7-17(20-21-18)28-15-9-11-23(12-10-15)19(24)25/h3-8,15H,9-12H2,1-2H3,(H,24,25)/b22-13-. The zero-order valence-corrected chi connectivity index (χ0v) is 17.4. The van der Waals surface area contributed by atoms with Gasteiger partial charge in [0.05, 0.1) is 10.6 Å². The Balaban J connectivity index is 1.54. The van der Waals surface area contributed by atoms with Crippen LogP contribution in [0.4, 0.5) is 4.79 Å². The molecule has 10 nitrogen and oxygen atoms in total. The predicted octanol–water partition coefficient (Wildman–Crippen LogP) is 2.20. The first-order chi connectivity index (χ1) is 14.2. The second-order valence-corrected chi connectivity index (χ2v) is 8.88. The van der Waals surface area contributed by atoms with Crippen molar-refractivity contribution in [2.75, 3.05) is 19.3 Å². The number of hydrogen-bond donors (Lipinski definition) is 1. The van der Waals surface area contributed by atoms with Crippen molar-refractivity contribution in [1.82, 2.24) is 15.1 Å². The fourth-order valence-corrected chi connectivity index (χ4v) is 3.50. The third-order valence-electron chi connectivity index (χ3n) is 4.59. The molecule has 0 radical (unpaired) electrons. The molecular formula is C19H22N4O6S. The number of benzene rings is 1. The van der Waals surface area contributed by atoms with Gasteiger partial charge in [0.25, 0.3) is 5.88 Å². The first kappa shape index (κ1) is 21.5. The van der Waals surface area contributed by atoms with Crippen molar-refractivity contribution >= 4 is 21.6 Å². The highest BCUT2D eigenvalue weighted by Crippen LogP contribution is 2.18. The van der Waals surface area contributed by atoms with Crippen LogP contribution in [0.5, 0.6) is 11.8 Å². The molecular weight excluding hydrogens is 412 g/mol. The Morgan fingerprint density at radius 3 is 2.23 bits per heavy atom. The van der Waals surface area contributed by atoms with E-state index >= 15 is 0 Å². The molecule has 1 fully saturated rings. The number of piperidine rings is 1. The van der Waals surface area contributed by atoms with Gasteiger partial charge in [-0.05, 0) is 24.6 Å². The lowest BCUT2D eigenvalue weighted by atomic mass is 10.1. The quantitative estimate of drug-likeness (QED) is 0.541. The van der Waals surface area contributed by atoms with Crippen molar-refractivity contribution in [2.45, 2.75) is 30.8 Å². The number of rotatable bonds is 6. The van der Waals surface area contributed by atoms with Crippen molar-refractivity contribution in [3.63, 3.8) is 0 Å². The molecule has 0 spiro atoms. The van der Waals surface area contributed by atoms with E-state index in [0.29, 0.717) is 43.1 Å². The Morgan fingerprint density at radius 1 is 1.10 bits per heavy atom. The summed E-state index contributed by atoms with van der Waals surface area (Å²) in [5.41, 5.74) is 1.25. The van der Waals surface area contributed by atoms with Crippen molar-refractivity contribution in [2.24, 2.45) is 5.16 Å². The summed E-state index contributed by atoms with van der Waals surface area (Å²) in [5, 5.41) is 20.8. The third kappa shape index (κ3) is 5.66. The number of hydrogen-bond acceptors (Lipinski definition) is 8. The maximum absolute atomic E-state index is 11.5. The monoisotopic (exact) mass is 434 g/mol. The molecule has 2 aromatic rings. The van der Waals surface area contributed by atoms with Crippen LogP contribution in [0.25, 0.3) is 0 Å². The lowest BCUT2D eigenvalue weighted by molar-refractivity contribution is 0.0863. The Hall–Kier alpha value is -3.21. The van der Waals surface area contributed by atoms with Crippen molar-refractivity contribution < 1.29 is 27.9 Å². The van der Waals surface area contributed by atoms with Gasteiger partial charge in [-0.1, -0.05) is 17.3 Å². The first-order valence-corrected chi connectivity index (χ1v) is 11.1. The molecule has 0 atom stereocenters. The van der Waals surface area contributed by atoms with Gasteiger partial charge in [0.2, 0.25) is 5.88 Å². The molecule has 0 bridgehead atoms. The van der Waals surface area contributed by atoms with Crippen LogP contribution >= 0.6 is 0 Å². The fourth-order valence-electron chi connectivity index (χ4n) is 2.87. The summed E-state index contributed by atoms with van der Waals surface area (Å²) in [6, 6.07) is 9.50. The molecule has 1 aromatic carbocycles. The number of nitrogens with zero attached hydrogens (tertiary/aromatic N) is 4. The lowest BCUT2D eigenvalue weighted by Crippen LogP contribution is -2.41. The van der Waals surface area contributed by atoms with Crippen LogP contribution < -0.4 is 9.57 Å². The Kier molecular flexibility index (Phi) is 6.50. The Labute approximate surface area is 174 Å². The van der Waals surface area contributed by atoms with E-state index < -0.39 is 15.9 Å². The number of amides is 1. The van der Waals surface area contributed by atoms with E-state index in [9.17, 15) is 13.2 Å². The number of ether oxygens (including phenoxy) is 1. The molecule has 1 amide bonds. The van der Waals surface area contributed by atoms with Crippen molar-refractivity contribution in [3.8, 4) is 11.8 Å². The van der Waals surface area contributed by atoms with Gasteiger partial charge in [-0.2, -0.15) is 0 Å².